The minimum Gasteiger partial charge on any atom is -0.490 e. The molecule has 0 bridgehead atoms. The van der Waals surface area contributed by atoms with Crippen molar-refractivity contribution in [2.24, 2.45) is 0 Å². The van der Waals surface area contributed by atoms with Crippen molar-refractivity contribution in [2.45, 2.75) is 6.92 Å². The Balaban J connectivity index is 1.45. The van der Waals surface area contributed by atoms with Crippen LogP contribution in [0.4, 0.5) is 0 Å². The lowest BCUT2D eigenvalue weighted by atomic mass is 10.1. The maximum atomic E-state index is 12.9. The minimum absolute atomic E-state index is 0.278. The lowest BCUT2D eigenvalue weighted by molar-refractivity contribution is -0.123. The summed E-state index contributed by atoms with van der Waals surface area (Å²) in [5.74, 6) is -0.0766. The Morgan fingerprint density at radius 3 is 2.35 bits per heavy atom. The Hall–Kier alpha value is -4.66. The molecule has 4 aromatic rings. The molecule has 0 saturated carbocycles. The summed E-state index contributed by atoms with van der Waals surface area (Å²) in [5.41, 5.74) is 6.97. The summed E-state index contributed by atoms with van der Waals surface area (Å²) in [4.78, 5) is 29.3. The van der Waals surface area contributed by atoms with Crippen LogP contribution < -0.4 is 20.3 Å². The Labute approximate surface area is 196 Å². The summed E-state index contributed by atoms with van der Waals surface area (Å²) >= 11 is 0. The number of benzene rings is 2. The molecule has 0 aliphatic carbocycles. The normalized spacial score (nSPS) is 10.4. The number of hydrogen-bond donors (Lipinski definition) is 2. The zero-order valence-corrected chi connectivity index (χ0v) is 18.5. The molecule has 4 rings (SSSR count). The van der Waals surface area contributed by atoms with Crippen molar-refractivity contribution in [2.75, 3.05) is 13.2 Å². The average Bonchev–Trinajstić information content (AvgIpc) is 3.34. The Bertz CT molecular complexity index is 1260. The monoisotopic (exact) mass is 457 g/mol. The van der Waals surface area contributed by atoms with Gasteiger partial charge in [0.25, 0.3) is 11.8 Å². The summed E-state index contributed by atoms with van der Waals surface area (Å²) in [7, 11) is 0. The number of hydrazine groups is 1. The number of ether oxygens (including phenoxy) is 2. The number of carbonyl (C=O) groups excluding carboxylic acids is 2. The fourth-order valence-electron chi connectivity index (χ4n) is 3.19. The number of nitrogens with one attached hydrogen (secondary N) is 2. The SMILES string of the molecule is CCOc1ccccc1OCC(=O)NNC(=O)c1cn(-c2ccccc2)nc1-c1cccnc1. The van der Waals surface area contributed by atoms with Gasteiger partial charge in [-0.2, -0.15) is 5.10 Å². The summed E-state index contributed by atoms with van der Waals surface area (Å²) in [6, 6.07) is 20.0. The van der Waals surface area contributed by atoms with Crippen LogP contribution in [0, 0.1) is 0 Å². The van der Waals surface area contributed by atoms with E-state index in [1.54, 1.807) is 47.5 Å². The quantitative estimate of drug-likeness (QED) is 0.394. The summed E-state index contributed by atoms with van der Waals surface area (Å²) < 4.78 is 12.6. The highest BCUT2D eigenvalue weighted by Crippen LogP contribution is 2.26. The average molecular weight is 457 g/mol. The number of carbonyl (C=O) groups is 2. The molecule has 0 unspecified atom stereocenters. The predicted octanol–water partition coefficient (Wildman–Crippen LogP) is 3.17. The molecule has 0 saturated heterocycles. The van der Waals surface area contributed by atoms with Gasteiger partial charge < -0.3 is 9.47 Å². The predicted molar refractivity (Wildman–Crippen MR) is 126 cm³/mol. The van der Waals surface area contributed by atoms with Gasteiger partial charge in [0.15, 0.2) is 18.1 Å². The zero-order chi connectivity index (χ0) is 23.8. The standard InChI is InChI=1S/C25H23N5O4/c1-2-33-21-12-6-7-13-22(21)34-17-23(31)27-28-25(32)20-16-30(19-10-4-3-5-11-19)29-24(20)18-9-8-14-26-15-18/h3-16H,2,17H2,1H3,(H,27,31)(H,28,32). The van der Waals surface area contributed by atoms with E-state index in [0.29, 0.717) is 29.4 Å². The number of aromatic nitrogens is 3. The molecule has 0 aliphatic heterocycles. The highest BCUT2D eigenvalue weighted by atomic mass is 16.5. The molecule has 2 heterocycles. The van der Waals surface area contributed by atoms with E-state index in [9.17, 15) is 9.59 Å². The van der Waals surface area contributed by atoms with Crippen molar-refractivity contribution in [3.05, 3.63) is 90.9 Å². The zero-order valence-electron chi connectivity index (χ0n) is 18.5. The highest BCUT2D eigenvalue weighted by Gasteiger charge is 2.19. The molecular weight excluding hydrogens is 434 g/mol. The van der Waals surface area contributed by atoms with Crippen molar-refractivity contribution in [1.29, 1.82) is 0 Å². The van der Waals surface area contributed by atoms with E-state index in [4.69, 9.17) is 9.47 Å². The van der Waals surface area contributed by atoms with Gasteiger partial charge in [-0.15, -0.1) is 0 Å². The summed E-state index contributed by atoms with van der Waals surface area (Å²) in [5, 5.41) is 4.57. The van der Waals surface area contributed by atoms with Gasteiger partial charge >= 0.3 is 0 Å². The molecule has 0 aliphatic rings. The first-order chi connectivity index (χ1) is 16.7. The van der Waals surface area contributed by atoms with Gasteiger partial charge in [0.05, 0.1) is 17.9 Å². The molecule has 0 spiro atoms. The van der Waals surface area contributed by atoms with Gasteiger partial charge in [-0.3, -0.25) is 25.4 Å². The molecule has 0 fully saturated rings. The third kappa shape index (κ3) is 5.39. The van der Waals surface area contributed by atoms with Gasteiger partial charge in [0.2, 0.25) is 0 Å². The molecule has 172 valence electrons. The van der Waals surface area contributed by atoms with Gasteiger partial charge in [0, 0.05) is 24.2 Å². The highest BCUT2D eigenvalue weighted by molar-refractivity contribution is 6.00. The molecule has 0 radical (unpaired) electrons. The van der Waals surface area contributed by atoms with Gasteiger partial charge in [-0.1, -0.05) is 30.3 Å². The van der Waals surface area contributed by atoms with E-state index < -0.39 is 11.8 Å². The molecule has 2 N–H and O–H groups in total. The topological polar surface area (TPSA) is 107 Å². The maximum Gasteiger partial charge on any atom is 0.276 e. The van der Waals surface area contributed by atoms with E-state index >= 15 is 0 Å². The van der Waals surface area contributed by atoms with E-state index in [1.807, 2.05) is 49.4 Å². The van der Waals surface area contributed by atoms with Crippen LogP contribution in [0.1, 0.15) is 17.3 Å². The molecule has 0 atom stereocenters. The van der Waals surface area contributed by atoms with Crippen LogP contribution in [0.25, 0.3) is 16.9 Å². The van der Waals surface area contributed by atoms with Crippen LogP contribution in [0.5, 0.6) is 11.5 Å². The minimum atomic E-state index is -0.530. The van der Waals surface area contributed by atoms with E-state index in [-0.39, 0.29) is 12.2 Å². The van der Waals surface area contributed by atoms with Gasteiger partial charge in [0.1, 0.15) is 5.69 Å². The van der Waals surface area contributed by atoms with Crippen molar-refractivity contribution >= 4 is 11.8 Å². The van der Waals surface area contributed by atoms with Crippen LogP contribution >= 0.6 is 0 Å². The van der Waals surface area contributed by atoms with E-state index in [1.165, 1.54) is 0 Å². The Morgan fingerprint density at radius 2 is 1.65 bits per heavy atom. The second kappa shape index (κ2) is 10.8. The van der Waals surface area contributed by atoms with Crippen molar-refractivity contribution in [3.63, 3.8) is 0 Å². The van der Waals surface area contributed by atoms with Crippen LogP contribution in [0.3, 0.4) is 0 Å². The van der Waals surface area contributed by atoms with Gasteiger partial charge in [-0.05, 0) is 43.3 Å². The fourth-order valence-corrected chi connectivity index (χ4v) is 3.19. The number of hydrogen-bond acceptors (Lipinski definition) is 6. The van der Waals surface area contributed by atoms with Crippen LogP contribution in [0.2, 0.25) is 0 Å². The van der Waals surface area contributed by atoms with Crippen molar-refractivity contribution in [1.82, 2.24) is 25.6 Å². The summed E-state index contributed by atoms with van der Waals surface area (Å²) in [6.45, 7) is 2.03. The van der Waals surface area contributed by atoms with Crippen molar-refractivity contribution < 1.29 is 19.1 Å². The van der Waals surface area contributed by atoms with Crippen LogP contribution in [-0.2, 0) is 4.79 Å². The first-order valence-electron chi connectivity index (χ1n) is 10.6. The third-order valence-corrected chi connectivity index (χ3v) is 4.74. The number of rotatable bonds is 8. The lowest BCUT2D eigenvalue weighted by Gasteiger charge is -2.12. The number of pyridine rings is 1. The second-order valence-electron chi connectivity index (χ2n) is 7.08. The Kier molecular flexibility index (Phi) is 7.14. The van der Waals surface area contributed by atoms with Crippen LogP contribution in [-0.4, -0.2) is 39.8 Å². The van der Waals surface area contributed by atoms with E-state index in [2.05, 4.69) is 20.9 Å². The largest absolute Gasteiger partial charge is 0.490 e. The molecule has 2 amide bonds. The summed E-state index contributed by atoms with van der Waals surface area (Å²) in [6.07, 6.45) is 4.87. The smallest absolute Gasteiger partial charge is 0.276 e. The number of nitrogens with zero attached hydrogens (tertiary/aromatic N) is 3. The first-order valence-corrected chi connectivity index (χ1v) is 10.6. The second-order valence-corrected chi connectivity index (χ2v) is 7.08. The van der Waals surface area contributed by atoms with Crippen LogP contribution in [0.15, 0.2) is 85.3 Å². The fraction of sp³-hybridized carbons (Fsp3) is 0.120. The molecule has 9 nitrogen and oxygen atoms in total. The molecule has 2 aromatic carbocycles. The first kappa shape index (κ1) is 22.5. The van der Waals surface area contributed by atoms with Crippen molar-refractivity contribution in [3.8, 4) is 28.4 Å². The maximum absolute atomic E-state index is 12.9. The molecule has 9 heteroatoms. The van der Waals surface area contributed by atoms with E-state index in [0.717, 1.165) is 5.69 Å². The van der Waals surface area contributed by atoms with Gasteiger partial charge in [-0.25, -0.2) is 4.68 Å². The third-order valence-electron chi connectivity index (χ3n) is 4.74. The lowest BCUT2D eigenvalue weighted by Crippen LogP contribution is -2.43. The molecule has 2 aromatic heterocycles. The Morgan fingerprint density at radius 1 is 0.912 bits per heavy atom. The molecular formula is C25H23N5O4. The molecule has 34 heavy (non-hydrogen) atoms. The number of amides is 2. The number of para-hydroxylation sites is 3.